The third kappa shape index (κ3) is 3.02. The maximum absolute atomic E-state index is 13.3. The second-order valence-corrected chi connectivity index (χ2v) is 4.07. The highest BCUT2D eigenvalue weighted by molar-refractivity contribution is 6.28. The van der Waals surface area contributed by atoms with Gasteiger partial charge in [-0.1, -0.05) is 13.8 Å². The SMILES string of the molecule is CCC(C)(CC)Nc1nc(Cl)ncc1F. The van der Waals surface area contributed by atoms with Gasteiger partial charge < -0.3 is 5.32 Å². The van der Waals surface area contributed by atoms with Crippen molar-refractivity contribution < 1.29 is 4.39 Å². The normalized spacial score (nSPS) is 11.5. The van der Waals surface area contributed by atoms with Gasteiger partial charge in [0.05, 0.1) is 6.20 Å². The van der Waals surface area contributed by atoms with Crippen LogP contribution in [0.15, 0.2) is 6.20 Å². The molecule has 0 radical (unpaired) electrons. The lowest BCUT2D eigenvalue weighted by atomic mass is 9.96. The molecule has 0 aliphatic heterocycles. The Hall–Kier alpha value is -0.900. The van der Waals surface area contributed by atoms with Crippen LogP contribution in [0.25, 0.3) is 0 Å². The summed E-state index contributed by atoms with van der Waals surface area (Å²) in [7, 11) is 0. The Morgan fingerprint density at radius 1 is 1.47 bits per heavy atom. The van der Waals surface area contributed by atoms with Gasteiger partial charge in [-0.3, -0.25) is 0 Å². The third-order valence-electron chi connectivity index (χ3n) is 2.70. The summed E-state index contributed by atoms with van der Waals surface area (Å²) in [4.78, 5) is 7.38. The van der Waals surface area contributed by atoms with Crippen molar-refractivity contribution in [3.05, 3.63) is 17.3 Å². The first-order chi connectivity index (χ1) is 7.00. The van der Waals surface area contributed by atoms with E-state index in [1.54, 1.807) is 0 Å². The van der Waals surface area contributed by atoms with Gasteiger partial charge in [-0.25, -0.2) is 9.37 Å². The van der Waals surface area contributed by atoms with E-state index in [2.05, 4.69) is 15.3 Å². The van der Waals surface area contributed by atoms with Crippen molar-refractivity contribution in [2.75, 3.05) is 5.32 Å². The Morgan fingerprint density at radius 3 is 2.60 bits per heavy atom. The van der Waals surface area contributed by atoms with Crippen molar-refractivity contribution >= 4 is 17.4 Å². The zero-order valence-electron chi connectivity index (χ0n) is 9.14. The fraction of sp³-hybridized carbons (Fsp3) is 0.600. The van der Waals surface area contributed by atoms with E-state index in [4.69, 9.17) is 11.6 Å². The van der Waals surface area contributed by atoms with E-state index in [1.165, 1.54) is 0 Å². The van der Waals surface area contributed by atoms with Crippen molar-refractivity contribution in [2.45, 2.75) is 39.2 Å². The van der Waals surface area contributed by atoms with E-state index in [9.17, 15) is 4.39 Å². The van der Waals surface area contributed by atoms with E-state index in [0.717, 1.165) is 19.0 Å². The molecule has 1 heterocycles. The molecule has 0 amide bonds. The zero-order valence-corrected chi connectivity index (χ0v) is 9.90. The summed E-state index contributed by atoms with van der Waals surface area (Å²) in [5, 5.41) is 3.10. The van der Waals surface area contributed by atoms with E-state index < -0.39 is 5.82 Å². The van der Waals surface area contributed by atoms with Gasteiger partial charge in [-0.15, -0.1) is 0 Å². The van der Waals surface area contributed by atoms with Crippen LogP contribution in [0.4, 0.5) is 10.2 Å². The zero-order chi connectivity index (χ0) is 11.5. The van der Waals surface area contributed by atoms with Gasteiger partial charge in [0.15, 0.2) is 11.6 Å². The first kappa shape index (κ1) is 12.2. The predicted molar refractivity (Wildman–Crippen MR) is 59.6 cm³/mol. The molecule has 0 unspecified atom stereocenters. The Morgan fingerprint density at radius 2 is 2.07 bits per heavy atom. The van der Waals surface area contributed by atoms with Gasteiger partial charge in [0.25, 0.3) is 0 Å². The van der Waals surface area contributed by atoms with Gasteiger partial charge in [-0.05, 0) is 31.4 Å². The predicted octanol–water partition coefficient (Wildman–Crippen LogP) is 3.26. The van der Waals surface area contributed by atoms with Gasteiger partial charge >= 0.3 is 0 Å². The third-order valence-corrected chi connectivity index (χ3v) is 2.88. The molecule has 5 heteroatoms. The number of nitrogens with zero attached hydrogens (tertiary/aromatic N) is 2. The maximum atomic E-state index is 13.3. The van der Waals surface area contributed by atoms with E-state index in [0.29, 0.717) is 0 Å². The molecule has 1 aromatic rings. The molecule has 1 aromatic heterocycles. The average molecular weight is 232 g/mol. The molecule has 3 nitrogen and oxygen atoms in total. The van der Waals surface area contributed by atoms with Crippen molar-refractivity contribution in [3.63, 3.8) is 0 Å². The van der Waals surface area contributed by atoms with Gasteiger partial charge in [0.2, 0.25) is 5.28 Å². The number of hydrogen-bond donors (Lipinski definition) is 1. The molecule has 15 heavy (non-hydrogen) atoms. The lowest BCUT2D eigenvalue weighted by Gasteiger charge is -2.28. The highest BCUT2D eigenvalue weighted by Gasteiger charge is 2.21. The van der Waals surface area contributed by atoms with Gasteiger partial charge in [-0.2, -0.15) is 4.98 Å². The van der Waals surface area contributed by atoms with Crippen LogP contribution in [-0.2, 0) is 0 Å². The summed E-state index contributed by atoms with van der Waals surface area (Å²) in [6.07, 6.45) is 2.83. The summed E-state index contributed by atoms with van der Waals surface area (Å²) in [6.45, 7) is 6.09. The monoisotopic (exact) mass is 231 g/mol. The molecule has 84 valence electrons. The first-order valence-corrected chi connectivity index (χ1v) is 5.34. The van der Waals surface area contributed by atoms with Crippen LogP contribution in [0, 0.1) is 5.82 Å². The number of hydrogen-bond acceptors (Lipinski definition) is 3. The molecule has 0 saturated carbocycles. The van der Waals surface area contributed by atoms with Crippen LogP contribution in [-0.4, -0.2) is 15.5 Å². The molecule has 1 N–H and O–H groups in total. The smallest absolute Gasteiger partial charge is 0.224 e. The Labute approximate surface area is 94.1 Å². The minimum atomic E-state index is -0.479. The molecular weight excluding hydrogens is 217 g/mol. The summed E-state index contributed by atoms with van der Waals surface area (Å²) < 4.78 is 13.3. The molecule has 0 aliphatic rings. The summed E-state index contributed by atoms with van der Waals surface area (Å²) >= 11 is 5.60. The average Bonchev–Trinajstić information content (AvgIpc) is 2.23. The highest BCUT2D eigenvalue weighted by Crippen LogP contribution is 2.22. The number of nitrogens with one attached hydrogen (secondary N) is 1. The molecule has 1 rings (SSSR count). The second-order valence-electron chi connectivity index (χ2n) is 3.73. The number of rotatable bonds is 4. The lowest BCUT2D eigenvalue weighted by Crippen LogP contribution is -2.33. The molecule has 0 fully saturated rings. The number of anilines is 1. The molecule has 0 bridgehead atoms. The molecule has 0 aromatic carbocycles. The van der Waals surface area contributed by atoms with E-state index in [-0.39, 0.29) is 16.6 Å². The Kier molecular flexibility index (Phi) is 3.85. The molecule has 0 spiro atoms. The fourth-order valence-electron chi connectivity index (χ4n) is 1.15. The van der Waals surface area contributed by atoms with E-state index in [1.807, 2.05) is 20.8 Å². The summed E-state index contributed by atoms with van der Waals surface area (Å²) in [5.74, 6) is -0.311. The van der Waals surface area contributed by atoms with Crippen LogP contribution in [0.2, 0.25) is 5.28 Å². The summed E-state index contributed by atoms with van der Waals surface area (Å²) in [6, 6.07) is 0. The standard InChI is InChI=1S/C10H15ClFN3/c1-4-10(3,5-2)15-8-7(12)6-13-9(11)14-8/h6H,4-5H2,1-3H3,(H,13,14,15). The first-order valence-electron chi connectivity index (χ1n) is 4.97. The summed E-state index contributed by atoms with van der Waals surface area (Å²) in [5.41, 5.74) is -0.168. The quantitative estimate of drug-likeness (QED) is 0.809. The topological polar surface area (TPSA) is 37.8 Å². The highest BCUT2D eigenvalue weighted by atomic mass is 35.5. The van der Waals surface area contributed by atoms with Crippen molar-refractivity contribution in [3.8, 4) is 0 Å². The largest absolute Gasteiger partial charge is 0.362 e. The Balaban J connectivity index is 2.92. The minimum absolute atomic E-state index is 0.0495. The lowest BCUT2D eigenvalue weighted by molar-refractivity contribution is 0.470. The van der Waals surface area contributed by atoms with Crippen molar-refractivity contribution in [1.82, 2.24) is 9.97 Å². The number of halogens is 2. The molecule has 0 atom stereocenters. The number of aromatic nitrogens is 2. The van der Waals surface area contributed by atoms with Crippen LogP contribution in [0.3, 0.4) is 0 Å². The van der Waals surface area contributed by atoms with Gasteiger partial charge in [0, 0.05) is 5.54 Å². The minimum Gasteiger partial charge on any atom is -0.362 e. The van der Waals surface area contributed by atoms with E-state index >= 15 is 0 Å². The fourth-order valence-corrected chi connectivity index (χ4v) is 1.28. The van der Waals surface area contributed by atoms with Crippen LogP contribution in [0.5, 0.6) is 0 Å². The van der Waals surface area contributed by atoms with Crippen molar-refractivity contribution in [2.24, 2.45) is 0 Å². The van der Waals surface area contributed by atoms with Crippen LogP contribution in [0.1, 0.15) is 33.6 Å². The molecule has 0 aliphatic carbocycles. The molecule has 0 saturated heterocycles. The molecular formula is C10H15ClFN3. The van der Waals surface area contributed by atoms with Gasteiger partial charge in [0.1, 0.15) is 0 Å². The second kappa shape index (κ2) is 4.75. The van der Waals surface area contributed by atoms with Crippen LogP contribution >= 0.6 is 11.6 Å². The Bertz CT molecular complexity index is 339. The maximum Gasteiger partial charge on any atom is 0.224 e. The van der Waals surface area contributed by atoms with Crippen LogP contribution < -0.4 is 5.32 Å². The van der Waals surface area contributed by atoms with Crippen molar-refractivity contribution in [1.29, 1.82) is 0 Å².